The summed E-state index contributed by atoms with van der Waals surface area (Å²) in [4.78, 5) is 21.7. The second-order valence-electron chi connectivity index (χ2n) is 7.58. The summed E-state index contributed by atoms with van der Waals surface area (Å²) < 4.78 is 11.1. The normalized spacial score (nSPS) is 14.5. The highest BCUT2D eigenvalue weighted by molar-refractivity contribution is 5.89. The number of carbonyl (C=O) groups is 2. The van der Waals surface area contributed by atoms with Crippen molar-refractivity contribution in [1.82, 2.24) is 4.90 Å². The maximum atomic E-state index is 9.55. The largest absolute Gasteiger partial charge is 0.497 e. The quantitative estimate of drug-likeness (QED) is 0.571. The second-order valence-corrected chi connectivity index (χ2v) is 7.58. The zero-order valence-electron chi connectivity index (χ0n) is 18.4. The van der Waals surface area contributed by atoms with Crippen LogP contribution in [0.4, 0.5) is 0 Å². The summed E-state index contributed by atoms with van der Waals surface area (Å²) in [5.41, 5.74) is 2.61. The molecule has 1 fully saturated rings. The number of ether oxygens (including phenoxy) is 2. The fourth-order valence-electron chi connectivity index (χ4n) is 3.36. The maximum absolute atomic E-state index is 9.55. The highest BCUT2D eigenvalue weighted by Crippen LogP contribution is 2.20. The molecule has 7 nitrogen and oxygen atoms in total. The lowest BCUT2D eigenvalue weighted by Crippen LogP contribution is -2.34. The van der Waals surface area contributed by atoms with Gasteiger partial charge in [-0.05, 0) is 55.1 Å². The van der Waals surface area contributed by atoms with Gasteiger partial charge in [-0.3, -0.25) is 4.90 Å². The first-order valence-corrected chi connectivity index (χ1v) is 10.6. The first-order chi connectivity index (χ1) is 15.5. The van der Waals surface area contributed by atoms with Crippen LogP contribution in [-0.4, -0.2) is 53.9 Å². The minimum absolute atomic E-state index is 0.558. The first-order valence-electron chi connectivity index (χ1n) is 10.6. The third-order valence-electron chi connectivity index (χ3n) is 5.11. The highest BCUT2D eigenvalue weighted by atomic mass is 16.5. The molecule has 0 saturated carbocycles. The second kappa shape index (κ2) is 14.0. The molecule has 3 rings (SSSR count). The van der Waals surface area contributed by atoms with Gasteiger partial charge in [0.25, 0.3) is 0 Å². The number of nitrogens with zero attached hydrogens (tertiary/aromatic N) is 1. The molecule has 1 saturated heterocycles. The number of carboxylic acids is 2. The molecule has 1 aliphatic heterocycles. The maximum Gasteiger partial charge on any atom is 0.328 e. The number of likely N-dealkylation sites (tertiary alicyclic amines) is 1. The number of rotatable bonds is 9. The Bertz CT molecular complexity index is 826. The number of piperidine rings is 1. The lowest BCUT2D eigenvalue weighted by molar-refractivity contribution is -0.134. The number of aliphatic carboxylic acids is 2. The van der Waals surface area contributed by atoms with Crippen molar-refractivity contribution in [3.8, 4) is 5.75 Å². The molecule has 172 valence electrons. The molecule has 0 aliphatic carbocycles. The summed E-state index contributed by atoms with van der Waals surface area (Å²) in [5.74, 6) is -0.931. The zero-order chi connectivity index (χ0) is 23.2. The molecule has 7 heteroatoms. The smallest absolute Gasteiger partial charge is 0.328 e. The van der Waals surface area contributed by atoms with Crippen LogP contribution in [0.5, 0.6) is 5.75 Å². The molecule has 0 spiro atoms. The zero-order valence-corrected chi connectivity index (χ0v) is 18.4. The minimum Gasteiger partial charge on any atom is -0.497 e. The van der Waals surface area contributed by atoms with Gasteiger partial charge >= 0.3 is 11.9 Å². The molecule has 0 aromatic heterocycles. The average Bonchev–Trinajstić information content (AvgIpc) is 2.80. The van der Waals surface area contributed by atoms with E-state index in [1.165, 1.54) is 37.1 Å². The Balaban J connectivity index is 0.000000390. The summed E-state index contributed by atoms with van der Waals surface area (Å²) in [5, 5.41) is 15.6. The van der Waals surface area contributed by atoms with Crippen molar-refractivity contribution in [2.45, 2.75) is 26.0 Å². The van der Waals surface area contributed by atoms with E-state index in [1.54, 1.807) is 7.11 Å². The van der Waals surface area contributed by atoms with Crippen LogP contribution >= 0.6 is 0 Å². The van der Waals surface area contributed by atoms with Gasteiger partial charge in [-0.25, -0.2) is 9.59 Å². The molecule has 1 aliphatic rings. The van der Waals surface area contributed by atoms with Crippen molar-refractivity contribution >= 4 is 11.9 Å². The third kappa shape index (κ3) is 10.2. The summed E-state index contributed by atoms with van der Waals surface area (Å²) in [6, 6.07) is 18.9. The monoisotopic (exact) mass is 441 g/mol. The Hall–Kier alpha value is -3.16. The number of methoxy groups -OCH3 is 1. The van der Waals surface area contributed by atoms with Crippen LogP contribution in [0.25, 0.3) is 0 Å². The van der Waals surface area contributed by atoms with Crippen molar-refractivity contribution in [3.05, 3.63) is 77.9 Å². The SMILES string of the molecule is COc1ccc(COCC2CCN(Cc3ccccc3)CC2)cc1.O=C(O)/C=C\C(=O)O. The Morgan fingerprint density at radius 3 is 2.06 bits per heavy atom. The predicted octanol–water partition coefficient (Wildman–Crippen LogP) is 3.84. The number of carboxylic acid groups (broad SMARTS) is 2. The molecule has 0 amide bonds. The van der Waals surface area contributed by atoms with E-state index < -0.39 is 11.9 Å². The van der Waals surface area contributed by atoms with Gasteiger partial charge in [-0.15, -0.1) is 0 Å². The lowest BCUT2D eigenvalue weighted by atomic mass is 9.97. The van der Waals surface area contributed by atoms with Gasteiger partial charge in [-0.1, -0.05) is 42.5 Å². The van der Waals surface area contributed by atoms with Crippen LogP contribution in [0.3, 0.4) is 0 Å². The molecule has 0 bridgehead atoms. The van der Waals surface area contributed by atoms with Crippen molar-refractivity contribution in [1.29, 1.82) is 0 Å². The van der Waals surface area contributed by atoms with E-state index in [4.69, 9.17) is 19.7 Å². The fraction of sp³-hybridized carbons (Fsp3) is 0.360. The summed E-state index contributed by atoms with van der Waals surface area (Å²) in [6.45, 7) is 4.97. The van der Waals surface area contributed by atoms with Gasteiger partial charge in [0.05, 0.1) is 13.7 Å². The molecule has 0 radical (unpaired) electrons. The highest BCUT2D eigenvalue weighted by Gasteiger charge is 2.19. The molecule has 2 N–H and O–H groups in total. The van der Waals surface area contributed by atoms with E-state index in [1.807, 2.05) is 12.1 Å². The molecule has 0 atom stereocenters. The molecular weight excluding hydrogens is 410 g/mol. The number of benzene rings is 2. The molecule has 2 aromatic carbocycles. The minimum atomic E-state index is -1.26. The predicted molar refractivity (Wildman–Crippen MR) is 122 cm³/mol. The van der Waals surface area contributed by atoms with Crippen LogP contribution in [-0.2, 0) is 27.5 Å². The lowest BCUT2D eigenvalue weighted by Gasteiger charge is -2.31. The topological polar surface area (TPSA) is 96.3 Å². The van der Waals surface area contributed by atoms with Gasteiger partial charge in [-0.2, -0.15) is 0 Å². The van der Waals surface area contributed by atoms with Crippen molar-refractivity contribution in [3.63, 3.8) is 0 Å². The molecule has 32 heavy (non-hydrogen) atoms. The Labute approximate surface area is 188 Å². The van der Waals surface area contributed by atoms with Gasteiger partial charge in [0, 0.05) is 25.3 Å². The molecule has 2 aromatic rings. The summed E-state index contributed by atoms with van der Waals surface area (Å²) in [7, 11) is 1.69. The summed E-state index contributed by atoms with van der Waals surface area (Å²) >= 11 is 0. The van der Waals surface area contributed by atoms with Gasteiger partial charge in [0.15, 0.2) is 0 Å². The van der Waals surface area contributed by atoms with Crippen molar-refractivity contribution in [2.24, 2.45) is 5.92 Å². The van der Waals surface area contributed by atoms with E-state index in [2.05, 4.69) is 47.4 Å². The van der Waals surface area contributed by atoms with E-state index in [0.717, 1.165) is 18.9 Å². The van der Waals surface area contributed by atoms with Crippen LogP contribution in [0.1, 0.15) is 24.0 Å². The van der Waals surface area contributed by atoms with E-state index in [-0.39, 0.29) is 0 Å². The van der Waals surface area contributed by atoms with Crippen LogP contribution in [0.2, 0.25) is 0 Å². The van der Waals surface area contributed by atoms with Crippen LogP contribution in [0, 0.1) is 5.92 Å². The number of hydrogen-bond donors (Lipinski definition) is 2. The number of hydrogen-bond acceptors (Lipinski definition) is 5. The molecular formula is C25H31NO6. The van der Waals surface area contributed by atoms with E-state index in [0.29, 0.717) is 24.7 Å². The average molecular weight is 442 g/mol. The van der Waals surface area contributed by atoms with Gasteiger partial charge < -0.3 is 19.7 Å². The van der Waals surface area contributed by atoms with E-state index >= 15 is 0 Å². The van der Waals surface area contributed by atoms with E-state index in [9.17, 15) is 9.59 Å². The van der Waals surface area contributed by atoms with Crippen LogP contribution in [0.15, 0.2) is 66.7 Å². The molecule has 1 heterocycles. The Kier molecular flexibility index (Phi) is 11.0. The first kappa shape index (κ1) is 25.1. The molecule has 0 unspecified atom stereocenters. The Morgan fingerprint density at radius 1 is 0.938 bits per heavy atom. The van der Waals surface area contributed by atoms with Crippen molar-refractivity contribution < 1.29 is 29.3 Å². The van der Waals surface area contributed by atoms with Gasteiger partial charge in [0.2, 0.25) is 0 Å². The third-order valence-corrected chi connectivity index (χ3v) is 5.11. The summed E-state index contributed by atoms with van der Waals surface area (Å²) in [6.07, 6.45) is 3.58. The van der Waals surface area contributed by atoms with Crippen LogP contribution < -0.4 is 4.74 Å². The standard InChI is InChI=1S/C21H27NO2.C4H4O4/c1-23-21-9-7-19(8-10-21)16-24-17-20-11-13-22(14-12-20)15-18-5-3-2-4-6-18;5-3(6)1-2-4(7)8/h2-10,20H,11-17H2,1H3;1-2H,(H,5,6)(H,7,8)/b;2-1-. The Morgan fingerprint density at radius 2 is 1.53 bits per heavy atom. The fourth-order valence-corrected chi connectivity index (χ4v) is 3.36. The van der Waals surface area contributed by atoms with Gasteiger partial charge in [0.1, 0.15) is 5.75 Å². The van der Waals surface area contributed by atoms with Crippen molar-refractivity contribution in [2.75, 3.05) is 26.8 Å².